The Balaban J connectivity index is 2.26. The van der Waals surface area contributed by atoms with Gasteiger partial charge in [0.25, 0.3) is 0 Å². The number of carbonyl (C=O) groups excluding carboxylic acids is 2. The maximum absolute atomic E-state index is 11.5. The van der Waals surface area contributed by atoms with E-state index >= 15 is 0 Å². The Morgan fingerprint density at radius 2 is 2.38 bits per heavy atom. The molecule has 1 aliphatic heterocycles. The van der Waals surface area contributed by atoms with Gasteiger partial charge in [-0.3, -0.25) is 0 Å². The number of unbranched alkanes of at least 4 members (excludes halogenated alkanes) is 1. The predicted molar refractivity (Wildman–Crippen MR) is 51.8 cm³/mol. The van der Waals surface area contributed by atoms with Crippen molar-refractivity contribution >= 4 is 25.7 Å². The molecule has 0 N–H and O–H groups in total. The van der Waals surface area contributed by atoms with Crippen molar-refractivity contribution in [1.29, 1.82) is 0 Å². The van der Waals surface area contributed by atoms with Gasteiger partial charge in [-0.25, -0.2) is 0 Å². The average molecular weight is 248 g/mol. The van der Waals surface area contributed by atoms with Crippen molar-refractivity contribution in [3.8, 4) is 0 Å². The first kappa shape index (κ1) is 10.7. The predicted octanol–water partition coefficient (Wildman–Crippen LogP) is 1.65. The second-order valence-electron chi connectivity index (χ2n) is 3.12. The van der Waals surface area contributed by atoms with Gasteiger partial charge in [-0.1, -0.05) is 0 Å². The van der Waals surface area contributed by atoms with Gasteiger partial charge in [-0.15, -0.1) is 0 Å². The molecule has 1 fully saturated rings. The minimum absolute atomic E-state index is 0.00396. The first-order chi connectivity index (χ1) is 6.25. The standard InChI is InChI=1S/C9H15NO2Se/c1-2-3-7-13-9(12)10-6-4-5-8(10)11/h2-7H2,1H3. The quantitative estimate of drug-likeness (QED) is 0.560. The number of rotatable bonds is 4. The monoisotopic (exact) mass is 249 g/mol. The van der Waals surface area contributed by atoms with Crippen LogP contribution >= 0.6 is 0 Å². The molecule has 0 aromatic rings. The second kappa shape index (κ2) is 5.40. The van der Waals surface area contributed by atoms with E-state index in [1.165, 1.54) is 4.90 Å². The number of carbonyl (C=O) groups is 2. The molecular weight excluding hydrogens is 233 g/mol. The van der Waals surface area contributed by atoms with E-state index in [9.17, 15) is 9.59 Å². The van der Waals surface area contributed by atoms with Crippen molar-refractivity contribution in [3.63, 3.8) is 0 Å². The summed E-state index contributed by atoms with van der Waals surface area (Å²) in [5.74, 6) is 0.0309. The van der Waals surface area contributed by atoms with E-state index in [4.69, 9.17) is 0 Å². The Labute approximate surface area is 85.0 Å². The van der Waals surface area contributed by atoms with Crippen LogP contribution in [0.1, 0.15) is 32.6 Å². The third-order valence-corrected chi connectivity index (χ3v) is 4.03. The Morgan fingerprint density at radius 3 is 2.92 bits per heavy atom. The van der Waals surface area contributed by atoms with Crippen LogP contribution in [0.3, 0.4) is 0 Å². The van der Waals surface area contributed by atoms with Crippen LogP contribution in [0.25, 0.3) is 0 Å². The Bertz CT molecular complexity index is 206. The molecule has 1 saturated heterocycles. The van der Waals surface area contributed by atoms with Gasteiger partial charge in [0.2, 0.25) is 0 Å². The number of nitrogens with zero attached hydrogens (tertiary/aromatic N) is 1. The second-order valence-corrected chi connectivity index (χ2v) is 5.31. The molecule has 0 aliphatic carbocycles. The van der Waals surface area contributed by atoms with Gasteiger partial charge in [-0.05, 0) is 0 Å². The summed E-state index contributed by atoms with van der Waals surface area (Å²) in [6, 6.07) is 0. The first-order valence-corrected chi connectivity index (χ1v) is 6.79. The Kier molecular flexibility index (Phi) is 4.46. The summed E-state index contributed by atoms with van der Waals surface area (Å²) >= 11 is -0.00396. The molecule has 1 rings (SSSR count). The summed E-state index contributed by atoms with van der Waals surface area (Å²) in [6.07, 6.45) is 3.65. The van der Waals surface area contributed by atoms with Crippen molar-refractivity contribution in [2.45, 2.75) is 37.9 Å². The van der Waals surface area contributed by atoms with Gasteiger partial charge in [0.05, 0.1) is 0 Å². The van der Waals surface area contributed by atoms with Crippen molar-refractivity contribution in [1.82, 2.24) is 4.90 Å². The molecule has 0 bridgehead atoms. The van der Waals surface area contributed by atoms with E-state index in [1.807, 2.05) is 0 Å². The zero-order chi connectivity index (χ0) is 9.68. The average Bonchev–Trinajstić information content (AvgIpc) is 2.52. The SMILES string of the molecule is CCCC[Se]C(=O)N1CCCC1=O. The fourth-order valence-electron chi connectivity index (χ4n) is 1.22. The molecule has 2 amide bonds. The van der Waals surface area contributed by atoms with Gasteiger partial charge in [-0.2, -0.15) is 0 Å². The van der Waals surface area contributed by atoms with Crippen LogP contribution in [0, 0.1) is 0 Å². The molecule has 0 aromatic heterocycles. The molecule has 1 heterocycles. The van der Waals surface area contributed by atoms with Gasteiger partial charge in [0.1, 0.15) is 0 Å². The van der Waals surface area contributed by atoms with Crippen LogP contribution in [0.15, 0.2) is 0 Å². The van der Waals surface area contributed by atoms with E-state index in [1.54, 1.807) is 0 Å². The third-order valence-electron chi connectivity index (χ3n) is 2.02. The van der Waals surface area contributed by atoms with Crippen LogP contribution in [-0.2, 0) is 4.79 Å². The van der Waals surface area contributed by atoms with E-state index in [2.05, 4.69) is 6.92 Å². The molecule has 13 heavy (non-hydrogen) atoms. The van der Waals surface area contributed by atoms with Crippen LogP contribution in [0.5, 0.6) is 0 Å². The number of likely N-dealkylation sites (tertiary alicyclic amines) is 1. The van der Waals surface area contributed by atoms with Crippen LogP contribution < -0.4 is 0 Å². The van der Waals surface area contributed by atoms with Crippen molar-refractivity contribution in [2.24, 2.45) is 0 Å². The van der Waals surface area contributed by atoms with Gasteiger partial charge in [0.15, 0.2) is 0 Å². The number of amides is 2. The number of imide groups is 1. The summed E-state index contributed by atoms with van der Waals surface area (Å²) in [7, 11) is 0. The van der Waals surface area contributed by atoms with E-state index in [0.29, 0.717) is 13.0 Å². The van der Waals surface area contributed by atoms with E-state index < -0.39 is 0 Å². The van der Waals surface area contributed by atoms with Gasteiger partial charge >= 0.3 is 84.6 Å². The molecule has 0 atom stereocenters. The molecule has 0 unspecified atom stereocenters. The van der Waals surface area contributed by atoms with Crippen molar-refractivity contribution in [3.05, 3.63) is 0 Å². The summed E-state index contributed by atoms with van der Waals surface area (Å²) in [5.41, 5.74) is 0. The molecule has 3 nitrogen and oxygen atoms in total. The number of hydrogen-bond acceptors (Lipinski definition) is 2. The van der Waals surface area contributed by atoms with Gasteiger partial charge < -0.3 is 0 Å². The zero-order valence-corrected chi connectivity index (χ0v) is 9.63. The molecule has 0 radical (unpaired) electrons. The fourth-order valence-corrected chi connectivity index (χ4v) is 3.23. The summed E-state index contributed by atoms with van der Waals surface area (Å²) < 4.78 is 0. The summed E-state index contributed by atoms with van der Waals surface area (Å²) in [6.45, 7) is 2.77. The molecule has 0 saturated carbocycles. The zero-order valence-electron chi connectivity index (χ0n) is 7.91. The molecule has 74 valence electrons. The maximum atomic E-state index is 11.5. The first-order valence-electron chi connectivity index (χ1n) is 4.73. The summed E-state index contributed by atoms with van der Waals surface area (Å²) in [4.78, 5) is 24.2. The molecular formula is C9H15NO2Se. The van der Waals surface area contributed by atoms with E-state index in [0.717, 1.165) is 24.6 Å². The normalized spacial score (nSPS) is 16.7. The third kappa shape index (κ3) is 3.12. The van der Waals surface area contributed by atoms with Crippen LogP contribution in [-0.4, -0.2) is 37.1 Å². The van der Waals surface area contributed by atoms with Crippen LogP contribution in [0.2, 0.25) is 5.32 Å². The van der Waals surface area contributed by atoms with Gasteiger partial charge in [0, 0.05) is 0 Å². The molecule has 0 spiro atoms. The molecule has 0 aromatic carbocycles. The van der Waals surface area contributed by atoms with Crippen molar-refractivity contribution < 1.29 is 9.59 Å². The van der Waals surface area contributed by atoms with Crippen molar-refractivity contribution in [2.75, 3.05) is 6.54 Å². The molecule has 4 heteroatoms. The summed E-state index contributed by atoms with van der Waals surface area (Å²) in [5, 5.41) is 0.978. The minimum atomic E-state index is -0.00396. The topological polar surface area (TPSA) is 37.4 Å². The Hall–Kier alpha value is -0.341. The van der Waals surface area contributed by atoms with E-state index in [-0.39, 0.29) is 25.7 Å². The van der Waals surface area contributed by atoms with Crippen LogP contribution in [0.4, 0.5) is 4.79 Å². The fraction of sp³-hybridized carbons (Fsp3) is 0.778. The number of hydrogen-bond donors (Lipinski definition) is 0. The Morgan fingerprint density at radius 1 is 1.62 bits per heavy atom. The molecule has 1 aliphatic rings.